The number of phenols is 3. The van der Waals surface area contributed by atoms with Crippen molar-refractivity contribution in [2.24, 2.45) is 0 Å². The Kier molecular flexibility index (Phi) is 2.95. The van der Waals surface area contributed by atoms with Gasteiger partial charge in [0.1, 0.15) is 28.2 Å². The molecule has 1 heterocycles. The predicted octanol–water partition coefficient (Wildman–Crippen LogP) is 2.59. The lowest BCUT2D eigenvalue weighted by Crippen LogP contribution is -2.03. The van der Waals surface area contributed by atoms with E-state index in [-0.39, 0.29) is 33.8 Å². The van der Waals surface area contributed by atoms with Crippen LogP contribution in [0.15, 0.2) is 39.5 Å². The first kappa shape index (κ1) is 13.8. The number of fused-ring (bicyclic) bond motifs is 1. The Bertz CT molecular complexity index is 955. The zero-order valence-corrected chi connectivity index (χ0v) is 11.5. The molecule has 0 fully saturated rings. The molecule has 0 unspecified atom stereocenters. The van der Waals surface area contributed by atoms with Gasteiger partial charge in [-0.3, -0.25) is 4.79 Å². The summed E-state index contributed by atoms with van der Waals surface area (Å²) in [6.45, 7) is 1.77. The van der Waals surface area contributed by atoms with Gasteiger partial charge in [0, 0.05) is 12.1 Å². The van der Waals surface area contributed by atoms with Crippen LogP contribution in [0.4, 0.5) is 0 Å². The highest BCUT2D eigenvalue weighted by molar-refractivity contribution is 5.88. The van der Waals surface area contributed by atoms with E-state index < -0.39 is 16.9 Å². The molecule has 0 atom stereocenters. The molecule has 0 aliphatic carbocycles. The van der Waals surface area contributed by atoms with Crippen LogP contribution >= 0.6 is 0 Å². The molecule has 2 aromatic carbocycles. The van der Waals surface area contributed by atoms with E-state index in [1.54, 1.807) is 13.0 Å². The third-order valence-electron chi connectivity index (χ3n) is 3.33. The van der Waals surface area contributed by atoms with Gasteiger partial charge >= 0.3 is 0 Å². The topological polar surface area (TPSA) is 111 Å². The third-order valence-corrected chi connectivity index (χ3v) is 3.33. The number of rotatable bonds is 1. The summed E-state index contributed by atoms with van der Waals surface area (Å²) in [6.07, 6.45) is 0. The van der Waals surface area contributed by atoms with Gasteiger partial charge in [-0.1, -0.05) is 6.07 Å². The maximum absolute atomic E-state index is 12.2. The molecular formula is C16H12O6. The molecule has 0 aliphatic heterocycles. The quantitative estimate of drug-likeness (QED) is 0.549. The maximum Gasteiger partial charge on any atom is 0.238 e. The van der Waals surface area contributed by atoms with Crippen molar-refractivity contribution in [3.8, 4) is 34.3 Å². The van der Waals surface area contributed by atoms with Crippen LogP contribution in [0.2, 0.25) is 0 Å². The predicted molar refractivity (Wildman–Crippen MR) is 79.3 cm³/mol. The van der Waals surface area contributed by atoms with E-state index in [0.717, 1.165) is 17.7 Å². The molecule has 0 amide bonds. The lowest BCUT2D eigenvalue weighted by atomic mass is 10.1. The third kappa shape index (κ3) is 2.01. The molecule has 0 saturated heterocycles. The Morgan fingerprint density at radius 2 is 1.68 bits per heavy atom. The van der Waals surface area contributed by atoms with E-state index in [1.807, 2.05) is 0 Å². The number of hydrogen-bond acceptors (Lipinski definition) is 6. The highest BCUT2D eigenvalue weighted by atomic mass is 16.4. The van der Waals surface area contributed by atoms with Crippen LogP contribution in [0, 0.1) is 6.92 Å². The molecule has 0 aliphatic rings. The Hall–Kier alpha value is -3.15. The molecule has 0 radical (unpaired) electrons. The van der Waals surface area contributed by atoms with Crippen LogP contribution in [0.25, 0.3) is 22.3 Å². The average molecular weight is 300 g/mol. The smallest absolute Gasteiger partial charge is 0.238 e. The minimum absolute atomic E-state index is 0.102. The first-order chi connectivity index (χ1) is 10.4. The fourth-order valence-electron chi connectivity index (χ4n) is 2.29. The lowest BCUT2D eigenvalue weighted by Gasteiger charge is -2.09. The monoisotopic (exact) mass is 300 g/mol. The summed E-state index contributed by atoms with van der Waals surface area (Å²) in [5.41, 5.74) is -0.0342. The van der Waals surface area contributed by atoms with E-state index in [1.165, 1.54) is 12.1 Å². The normalized spacial score (nSPS) is 11.0. The summed E-state index contributed by atoms with van der Waals surface area (Å²) in [6, 6.07) is 6.75. The summed E-state index contributed by atoms with van der Waals surface area (Å²) >= 11 is 0. The Morgan fingerprint density at radius 1 is 0.955 bits per heavy atom. The number of hydrogen-bond donors (Lipinski definition) is 4. The van der Waals surface area contributed by atoms with Crippen LogP contribution in [0.3, 0.4) is 0 Å². The Morgan fingerprint density at radius 3 is 2.36 bits per heavy atom. The van der Waals surface area contributed by atoms with Crippen molar-refractivity contribution in [3.63, 3.8) is 0 Å². The van der Waals surface area contributed by atoms with Crippen molar-refractivity contribution >= 4 is 11.0 Å². The van der Waals surface area contributed by atoms with Crippen LogP contribution in [-0.2, 0) is 0 Å². The van der Waals surface area contributed by atoms with Crippen LogP contribution in [0.5, 0.6) is 23.0 Å². The molecule has 3 rings (SSSR count). The molecule has 0 bridgehead atoms. The molecule has 6 heteroatoms. The van der Waals surface area contributed by atoms with Gasteiger partial charge in [0.2, 0.25) is 11.2 Å². The number of phenolic OH excluding ortho intramolecular Hbond substituents is 3. The van der Waals surface area contributed by atoms with E-state index in [4.69, 9.17) is 4.42 Å². The Balaban J connectivity index is 2.41. The molecule has 112 valence electrons. The summed E-state index contributed by atoms with van der Waals surface area (Å²) in [4.78, 5) is 12.2. The first-order valence-electron chi connectivity index (χ1n) is 6.40. The van der Waals surface area contributed by atoms with Crippen molar-refractivity contribution in [2.75, 3.05) is 0 Å². The van der Waals surface area contributed by atoms with E-state index in [9.17, 15) is 25.2 Å². The molecule has 0 saturated carbocycles. The highest BCUT2D eigenvalue weighted by Crippen LogP contribution is 2.38. The number of benzene rings is 2. The fourth-order valence-corrected chi connectivity index (χ4v) is 2.29. The van der Waals surface area contributed by atoms with E-state index in [2.05, 4.69) is 0 Å². The van der Waals surface area contributed by atoms with E-state index in [0.29, 0.717) is 0 Å². The zero-order valence-electron chi connectivity index (χ0n) is 11.5. The van der Waals surface area contributed by atoms with Gasteiger partial charge in [0.15, 0.2) is 5.76 Å². The van der Waals surface area contributed by atoms with Gasteiger partial charge in [-0.2, -0.15) is 0 Å². The van der Waals surface area contributed by atoms with Crippen molar-refractivity contribution in [2.45, 2.75) is 6.92 Å². The van der Waals surface area contributed by atoms with Gasteiger partial charge in [0.25, 0.3) is 0 Å². The summed E-state index contributed by atoms with van der Waals surface area (Å²) in [7, 11) is 0. The SMILES string of the molecule is Cc1ccc(-c2oc3cc(O)cc(O)c3c(=O)c2O)c(O)c1. The Labute approximate surface area is 124 Å². The number of aromatic hydroxyl groups is 4. The largest absolute Gasteiger partial charge is 0.508 e. The zero-order chi connectivity index (χ0) is 16.0. The van der Waals surface area contributed by atoms with E-state index >= 15 is 0 Å². The second kappa shape index (κ2) is 4.70. The molecule has 3 aromatic rings. The molecule has 1 aromatic heterocycles. The van der Waals surface area contributed by atoms with Gasteiger partial charge in [-0.05, 0) is 24.6 Å². The lowest BCUT2D eigenvalue weighted by molar-refractivity contribution is 0.435. The van der Waals surface area contributed by atoms with Gasteiger partial charge in [-0.15, -0.1) is 0 Å². The van der Waals surface area contributed by atoms with Crippen LogP contribution in [-0.4, -0.2) is 20.4 Å². The molecule has 4 N–H and O–H groups in total. The minimum Gasteiger partial charge on any atom is -0.508 e. The molecule has 0 spiro atoms. The molecule has 6 nitrogen and oxygen atoms in total. The minimum atomic E-state index is -0.853. The number of aryl methyl sites for hydroxylation is 1. The highest BCUT2D eigenvalue weighted by Gasteiger charge is 2.20. The summed E-state index contributed by atoms with van der Waals surface area (Å²) < 4.78 is 5.41. The first-order valence-corrected chi connectivity index (χ1v) is 6.40. The second-order valence-electron chi connectivity index (χ2n) is 4.97. The maximum atomic E-state index is 12.2. The standard InChI is InChI=1S/C16H12O6/c1-7-2-3-9(10(18)4-7)16-15(21)14(20)13-11(19)5-8(17)6-12(13)22-16/h2-6,17-19,21H,1H3. The van der Waals surface area contributed by atoms with Crippen LogP contribution < -0.4 is 5.43 Å². The van der Waals surface area contributed by atoms with Crippen molar-refractivity contribution < 1.29 is 24.8 Å². The fraction of sp³-hybridized carbons (Fsp3) is 0.0625. The summed E-state index contributed by atoms with van der Waals surface area (Å²) in [5.74, 6) is -1.92. The molecular weight excluding hydrogens is 288 g/mol. The average Bonchev–Trinajstić information content (AvgIpc) is 2.42. The van der Waals surface area contributed by atoms with Crippen molar-refractivity contribution in [3.05, 3.63) is 46.1 Å². The van der Waals surface area contributed by atoms with Gasteiger partial charge in [0.05, 0.1) is 5.56 Å². The van der Waals surface area contributed by atoms with Crippen molar-refractivity contribution in [1.82, 2.24) is 0 Å². The second-order valence-corrected chi connectivity index (χ2v) is 4.97. The van der Waals surface area contributed by atoms with Crippen molar-refractivity contribution in [1.29, 1.82) is 0 Å². The molecule has 22 heavy (non-hydrogen) atoms. The van der Waals surface area contributed by atoms with Crippen LogP contribution in [0.1, 0.15) is 5.56 Å². The summed E-state index contributed by atoms with van der Waals surface area (Å²) in [5, 5.41) is 39.0. The van der Waals surface area contributed by atoms with Gasteiger partial charge < -0.3 is 24.8 Å². The van der Waals surface area contributed by atoms with Gasteiger partial charge in [-0.25, -0.2) is 0 Å².